The molecular formula is C30H42N2O5. The van der Waals surface area contributed by atoms with Gasteiger partial charge >= 0.3 is 6.09 Å². The summed E-state index contributed by atoms with van der Waals surface area (Å²) in [5.74, 6) is 0.942. The number of nitrogens with zero attached hydrogens (tertiary/aromatic N) is 2. The van der Waals surface area contributed by atoms with Gasteiger partial charge in [0.15, 0.2) is 5.78 Å². The highest BCUT2D eigenvalue weighted by atomic mass is 16.6. The molecule has 0 spiro atoms. The summed E-state index contributed by atoms with van der Waals surface area (Å²) in [5.41, 5.74) is 3.60. The van der Waals surface area contributed by atoms with Gasteiger partial charge in [-0.3, -0.25) is 4.79 Å². The van der Waals surface area contributed by atoms with E-state index in [0.717, 1.165) is 49.2 Å². The number of amides is 1. The molecule has 0 bridgehead atoms. The van der Waals surface area contributed by atoms with Gasteiger partial charge in [0.2, 0.25) is 0 Å². The van der Waals surface area contributed by atoms with Crippen LogP contribution in [0.25, 0.3) is 0 Å². The standard InChI is InChI=1S/C30H42N2O5/c1-30(2,3)37-29(35)32(20-15-23-10-5-6-12-28(23)36-4)17-8-7-11-27(34)25-13-14-26-24(22-25)16-19-31(26)18-9-21-33/h5-6,10,12-14,22,33H,7-9,11,15-21H2,1-4H3. The molecule has 2 aromatic carbocycles. The summed E-state index contributed by atoms with van der Waals surface area (Å²) in [6, 6.07) is 13.8. The zero-order valence-electron chi connectivity index (χ0n) is 22.8. The van der Waals surface area contributed by atoms with Crippen LogP contribution in [-0.4, -0.2) is 67.4 Å². The molecule has 0 fully saturated rings. The third kappa shape index (κ3) is 8.49. The summed E-state index contributed by atoms with van der Waals surface area (Å²) < 4.78 is 11.1. The van der Waals surface area contributed by atoms with Crippen LogP contribution in [0.3, 0.4) is 0 Å². The summed E-state index contributed by atoms with van der Waals surface area (Å²) in [6.45, 7) is 8.60. The van der Waals surface area contributed by atoms with Crippen molar-refractivity contribution in [3.05, 3.63) is 59.2 Å². The molecule has 0 radical (unpaired) electrons. The van der Waals surface area contributed by atoms with E-state index in [0.29, 0.717) is 32.4 Å². The van der Waals surface area contributed by atoms with Crippen molar-refractivity contribution in [1.82, 2.24) is 4.90 Å². The molecule has 0 aliphatic carbocycles. The number of rotatable bonds is 13. The zero-order valence-corrected chi connectivity index (χ0v) is 22.8. The van der Waals surface area contributed by atoms with Crippen molar-refractivity contribution < 1.29 is 24.2 Å². The lowest BCUT2D eigenvalue weighted by molar-refractivity contribution is 0.0249. The predicted octanol–water partition coefficient (Wildman–Crippen LogP) is 5.27. The fraction of sp³-hybridized carbons (Fsp3) is 0.533. The van der Waals surface area contributed by atoms with Crippen molar-refractivity contribution in [2.45, 2.75) is 64.9 Å². The molecule has 3 rings (SSSR count). The molecule has 0 unspecified atom stereocenters. The maximum atomic E-state index is 12.9. The number of fused-ring (bicyclic) bond motifs is 1. The summed E-state index contributed by atoms with van der Waals surface area (Å²) in [6.07, 6.45) is 3.87. The van der Waals surface area contributed by atoms with Crippen molar-refractivity contribution in [1.29, 1.82) is 0 Å². The summed E-state index contributed by atoms with van der Waals surface area (Å²) in [4.78, 5) is 29.8. The van der Waals surface area contributed by atoms with Gasteiger partial charge in [-0.15, -0.1) is 0 Å². The Morgan fingerprint density at radius 3 is 2.57 bits per heavy atom. The number of anilines is 1. The van der Waals surface area contributed by atoms with E-state index in [2.05, 4.69) is 4.90 Å². The smallest absolute Gasteiger partial charge is 0.410 e. The van der Waals surface area contributed by atoms with Gasteiger partial charge in [-0.1, -0.05) is 18.2 Å². The van der Waals surface area contributed by atoms with Crippen LogP contribution in [0.2, 0.25) is 0 Å². The minimum atomic E-state index is -0.572. The normalized spacial score (nSPS) is 12.8. The van der Waals surface area contributed by atoms with E-state index in [1.165, 1.54) is 11.3 Å². The minimum absolute atomic E-state index is 0.134. The number of aliphatic hydroxyl groups excluding tert-OH is 1. The van der Waals surface area contributed by atoms with Gasteiger partial charge in [0, 0.05) is 50.5 Å². The summed E-state index contributed by atoms with van der Waals surface area (Å²) in [7, 11) is 1.65. The highest BCUT2D eigenvalue weighted by molar-refractivity contribution is 5.96. The quantitative estimate of drug-likeness (QED) is 0.292. The van der Waals surface area contributed by atoms with Gasteiger partial charge in [0.05, 0.1) is 7.11 Å². The number of benzene rings is 2. The lowest BCUT2D eigenvalue weighted by Gasteiger charge is -2.27. The molecule has 1 amide bonds. The van der Waals surface area contributed by atoms with E-state index in [1.807, 2.05) is 63.2 Å². The zero-order chi connectivity index (χ0) is 26.8. The Balaban J connectivity index is 1.53. The van der Waals surface area contributed by atoms with E-state index in [9.17, 15) is 9.59 Å². The van der Waals surface area contributed by atoms with Crippen molar-refractivity contribution in [2.24, 2.45) is 0 Å². The predicted molar refractivity (Wildman–Crippen MR) is 147 cm³/mol. The second-order valence-corrected chi connectivity index (χ2v) is 10.6. The number of carbonyl (C=O) groups is 2. The summed E-state index contributed by atoms with van der Waals surface area (Å²) >= 11 is 0. The fourth-order valence-electron chi connectivity index (χ4n) is 4.66. The van der Waals surface area contributed by atoms with Crippen molar-refractivity contribution in [3.8, 4) is 5.75 Å². The topological polar surface area (TPSA) is 79.3 Å². The van der Waals surface area contributed by atoms with Crippen molar-refractivity contribution in [3.63, 3.8) is 0 Å². The molecule has 7 nitrogen and oxygen atoms in total. The Labute approximate surface area is 221 Å². The number of hydrogen-bond donors (Lipinski definition) is 1. The van der Waals surface area contributed by atoms with Crippen LogP contribution in [0.15, 0.2) is 42.5 Å². The van der Waals surface area contributed by atoms with E-state index in [4.69, 9.17) is 14.6 Å². The molecule has 0 saturated carbocycles. The van der Waals surface area contributed by atoms with Crippen LogP contribution in [0.5, 0.6) is 5.75 Å². The maximum absolute atomic E-state index is 12.9. The molecular weight excluding hydrogens is 468 g/mol. The fourth-order valence-corrected chi connectivity index (χ4v) is 4.66. The molecule has 37 heavy (non-hydrogen) atoms. The van der Waals surface area contributed by atoms with Gasteiger partial charge in [-0.2, -0.15) is 0 Å². The number of carbonyl (C=O) groups excluding carboxylic acids is 2. The van der Waals surface area contributed by atoms with E-state index < -0.39 is 5.60 Å². The van der Waals surface area contributed by atoms with Crippen LogP contribution < -0.4 is 9.64 Å². The number of hydrogen-bond acceptors (Lipinski definition) is 6. The molecule has 0 saturated heterocycles. The van der Waals surface area contributed by atoms with Gasteiger partial charge < -0.3 is 24.4 Å². The minimum Gasteiger partial charge on any atom is -0.496 e. The molecule has 1 N–H and O–H groups in total. The van der Waals surface area contributed by atoms with Crippen molar-refractivity contribution >= 4 is 17.6 Å². The van der Waals surface area contributed by atoms with Crippen LogP contribution in [0.1, 0.15) is 67.9 Å². The first-order valence-corrected chi connectivity index (χ1v) is 13.3. The maximum Gasteiger partial charge on any atom is 0.410 e. The molecule has 2 aromatic rings. The van der Waals surface area contributed by atoms with Crippen LogP contribution >= 0.6 is 0 Å². The molecule has 1 heterocycles. The third-order valence-corrected chi connectivity index (χ3v) is 6.56. The molecule has 0 aromatic heterocycles. The highest BCUT2D eigenvalue weighted by Crippen LogP contribution is 2.29. The van der Waals surface area contributed by atoms with Crippen LogP contribution in [0.4, 0.5) is 10.5 Å². The van der Waals surface area contributed by atoms with Crippen molar-refractivity contribution in [2.75, 3.05) is 44.8 Å². The SMILES string of the molecule is COc1ccccc1CCN(CCCCC(=O)c1ccc2c(c1)CCN2CCCO)C(=O)OC(C)(C)C. The van der Waals surface area contributed by atoms with E-state index in [1.54, 1.807) is 12.0 Å². The largest absolute Gasteiger partial charge is 0.496 e. The number of ether oxygens (including phenoxy) is 2. The van der Waals surface area contributed by atoms with Crippen LogP contribution in [0, 0.1) is 0 Å². The second-order valence-electron chi connectivity index (χ2n) is 10.6. The molecule has 1 aliphatic rings. The van der Waals surface area contributed by atoms with Gasteiger partial charge in [-0.25, -0.2) is 4.79 Å². The first kappa shape index (κ1) is 28.5. The number of ketones is 1. The molecule has 202 valence electrons. The molecule has 7 heteroatoms. The van der Waals surface area contributed by atoms with Gasteiger partial charge in [-0.05, 0) is 88.3 Å². The first-order valence-electron chi connectivity index (χ1n) is 13.3. The molecule has 0 atom stereocenters. The van der Waals surface area contributed by atoms with Gasteiger partial charge in [0.25, 0.3) is 0 Å². The number of para-hydroxylation sites is 1. The Bertz CT molecular complexity index is 1050. The number of Topliss-reactive ketones (excluding diaryl/α,β-unsaturated/α-hetero) is 1. The Morgan fingerprint density at radius 2 is 1.84 bits per heavy atom. The lowest BCUT2D eigenvalue weighted by atomic mass is 10.0. The second kappa shape index (κ2) is 13.5. The number of methoxy groups -OCH3 is 1. The lowest BCUT2D eigenvalue weighted by Crippen LogP contribution is -2.38. The Morgan fingerprint density at radius 1 is 1.05 bits per heavy atom. The Hall–Kier alpha value is -3.06. The van der Waals surface area contributed by atoms with E-state index in [-0.39, 0.29) is 18.5 Å². The Kier molecular flexibility index (Phi) is 10.4. The molecule has 1 aliphatic heterocycles. The third-order valence-electron chi connectivity index (χ3n) is 6.56. The monoisotopic (exact) mass is 510 g/mol. The number of aliphatic hydroxyl groups is 1. The number of unbranched alkanes of at least 4 members (excludes halogenated alkanes) is 1. The van der Waals surface area contributed by atoms with Crippen LogP contribution in [-0.2, 0) is 17.6 Å². The van der Waals surface area contributed by atoms with Gasteiger partial charge in [0.1, 0.15) is 11.4 Å². The first-order chi connectivity index (χ1) is 17.7. The average molecular weight is 511 g/mol. The average Bonchev–Trinajstić information content (AvgIpc) is 3.28. The summed E-state index contributed by atoms with van der Waals surface area (Å²) in [5, 5.41) is 9.11. The highest BCUT2D eigenvalue weighted by Gasteiger charge is 2.23. The van der Waals surface area contributed by atoms with E-state index >= 15 is 0 Å².